The fourth-order valence-corrected chi connectivity index (χ4v) is 9.69. The Kier molecular flexibility index (Phi) is 9.40. The van der Waals surface area contributed by atoms with Crippen molar-refractivity contribution in [2.45, 2.75) is 37.5 Å². The van der Waals surface area contributed by atoms with E-state index in [1.165, 1.54) is 63.8 Å². The van der Waals surface area contributed by atoms with Gasteiger partial charge in [0.05, 0.1) is 11.6 Å². The standard InChI is InChI=1S/C57H41N5/c58-36-38-14-29-52-51(33-38)50-28-27-48(35-53(50)57(52)30-5-2-6-31-57)47-12-7-11-46(34-47)41-17-15-39(16-18-41)40-19-23-44(24-20-40)55-60-54(43-9-3-1-4-10-43)61-56(62-55)45-25-21-42(22-26-45)49-13-8-32-59-37-49/h1,3-4,7-29,32-35,37H,2,5-6,30-31H2. The maximum atomic E-state index is 9.70. The molecular formula is C57H41N5. The van der Waals surface area contributed by atoms with Gasteiger partial charge in [-0.25, -0.2) is 15.0 Å². The molecule has 0 aliphatic heterocycles. The first-order valence-electron chi connectivity index (χ1n) is 21.5. The lowest BCUT2D eigenvalue weighted by Gasteiger charge is -2.36. The van der Waals surface area contributed by atoms with Crippen LogP contribution in [0.15, 0.2) is 188 Å². The summed E-state index contributed by atoms with van der Waals surface area (Å²) in [4.78, 5) is 19.1. The van der Waals surface area contributed by atoms with E-state index in [1.54, 1.807) is 6.20 Å². The second-order valence-corrected chi connectivity index (χ2v) is 16.5. The largest absolute Gasteiger partial charge is 0.264 e. The van der Waals surface area contributed by atoms with Gasteiger partial charge >= 0.3 is 0 Å². The lowest BCUT2D eigenvalue weighted by atomic mass is 9.67. The Morgan fingerprint density at radius 3 is 1.48 bits per heavy atom. The molecule has 0 bridgehead atoms. The molecule has 2 aliphatic rings. The van der Waals surface area contributed by atoms with Crippen molar-refractivity contribution in [2.24, 2.45) is 0 Å². The molecule has 0 saturated heterocycles. The highest BCUT2D eigenvalue weighted by molar-refractivity contribution is 5.86. The zero-order valence-corrected chi connectivity index (χ0v) is 34.2. The van der Waals surface area contributed by atoms with Gasteiger partial charge < -0.3 is 0 Å². The molecule has 11 rings (SSSR count). The van der Waals surface area contributed by atoms with Crippen molar-refractivity contribution in [1.82, 2.24) is 19.9 Å². The van der Waals surface area contributed by atoms with E-state index in [4.69, 9.17) is 15.0 Å². The Labute approximate surface area is 362 Å². The molecule has 2 aromatic heterocycles. The van der Waals surface area contributed by atoms with Crippen molar-refractivity contribution in [3.05, 3.63) is 205 Å². The first kappa shape index (κ1) is 37.2. The number of fused-ring (bicyclic) bond motifs is 5. The number of rotatable bonds is 7. The van der Waals surface area contributed by atoms with Crippen molar-refractivity contribution in [3.63, 3.8) is 0 Å². The van der Waals surface area contributed by atoms with Gasteiger partial charge in [0.15, 0.2) is 17.5 Å². The Morgan fingerprint density at radius 1 is 0.387 bits per heavy atom. The van der Waals surface area contributed by atoms with Crippen LogP contribution in [0.3, 0.4) is 0 Å². The minimum absolute atomic E-state index is 0.0339. The predicted molar refractivity (Wildman–Crippen MR) is 250 cm³/mol. The van der Waals surface area contributed by atoms with Crippen LogP contribution in [0.5, 0.6) is 0 Å². The highest BCUT2D eigenvalue weighted by Gasteiger charge is 2.44. The summed E-state index contributed by atoms with van der Waals surface area (Å²) in [5, 5.41) is 9.70. The Morgan fingerprint density at radius 2 is 0.887 bits per heavy atom. The highest BCUT2D eigenvalue weighted by atomic mass is 15.0. The molecular weight excluding hydrogens is 755 g/mol. The molecule has 0 radical (unpaired) electrons. The lowest BCUT2D eigenvalue weighted by molar-refractivity contribution is 0.353. The van der Waals surface area contributed by atoms with Gasteiger partial charge in [0.2, 0.25) is 0 Å². The molecule has 5 nitrogen and oxygen atoms in total. The summed E-state index contributed by atoms with van der Waals surface area (Å²) < 4.78 is 0. The summed E-state index contributed by atoms with van der Waals surface area (Å²) in [6.07, 6.45) is 9.73. The maximum absolute atomic E-state index is 9.70. The number of aromatic nitrogens is 4. The molecule has 0 unspecified atom stereocenters. The van der Waals surface area contributed by atoms with E-state index in [0.717, 1.165) is 57.3 Å². The Bertz CT molecular complexity index is 3130. The molecule has 7 aromatic carbocycles. The van der Waals surface area contributed by atoms with Gasteiger partial charge in [-0.2, -0.15) is 5.26 Å². The third kappa shape index (κ3) is 6.76. The molecule has 1 fully saturated rings. The molecule has 9 aromatic rings. The van der Waals surface area contributed by atoms with Crippen LogP contribution in [-0.2, 0) is 5.41 Å². The molecule has 0 amide bonds. The predicted octanol–water partition coefficient (Wildman–Crippen LogP) is 14.0. The number of nitriles is 1. The Balaban J connectivity index is 0.862. The van der Waals surface area contributed by atoms with Gasteiger partial charge in [-0.05, 0) is 110 Å². The van der Waals surface area contributed by atoms with Crippen molar-refractivity contribution < 1.29 is 0 Å². The van der Waals surface area contributed by atoms with E-state index in [2.05, 4.69) is 145 Å². The van der Waals surface area contributed by atoms with Gasteiger partial charge in [-0.1, -0.05) is 165 Å². The van der Waals surface area contributed by atoms with Crippen LogP contribution in [0.4, 0.5) is 0 Å². The molecule has 0 N–H and O–H groups in total. The summed E-state index contributed by atoms with van der Waals surface area (Å²) in [5.41, 5.74) is 18.1. The quantitative estimate of drug-likeness (QED) is 0.161. The molecule has 0 atom stereocenters. The van der Waals surface area contributed by atoms with E-state index in [0.29, 0.717) is 17.5 Å². The average molecular weight is 796 g/mol. The average Bonchev–Trinajstić information content (AvgIpc) is 3.61. The van der Waals surface area contributed by atoms with E-state index in [9.17, 15) is 5.26 Å². The second-order valence-electron chi connectivity index (χ2n) is 16.5. The molecule has 2 aliphatic carbocycles. The van der Waals surface area contributed by atoms with Gasteiger partial charge in [-0.3, -0.25) is 4.98 Å². The smallest absolute Gasteiger partial charge is 0.164 e. The van der Waals surface area contributed by atoms with E-state index in [-0.39, 0.29) is 5.41 Å². The van der Waals surface area contributed by atoms with E-state index < -0.39 is 0 Å². The SMILES string of the molecule is N#Cc1ccc2c(c1)-c1ccc(-c3cccc(-c4ccc(-c5ccc(-c6nc(-c7ccccc7)nc(-c7ccc(-c8cccnc8)cc7)n6)cc5)cc4)c3)cc1C21CCCCC1. The van der Waals surface area contributed by atoms with Crippen molar-refractivity contribution in [3.8, 4) is 95.9 Å². The van der Waals surface area contributed by atoms with Crippen molar-refractivity contribution >= 4 is 0 Å². The number of hydrogen-bond acceptors (Lipinski definition) is 5. The first-order valence-corrected chi connectivity index (χ1v) is 21.5. The number of hydrogen-bond donors (Lipinski definition) is 0. The highest BCUT2D eigenvalue weighted by Crippen LogP contribution is 2.56. The third-order valence-corrected chi connectivity index (χ3v) is 12.9. The fraction of sp³-hybridized carbons (Fsp3) is 0.105. The van der Waals surface area contributed by atoms with E-state index in [1.807, 2.05) is 48.7 Å². The van der Waals surface area contributed by atoms with Crippen LogP contribution in [0, 0.1) is 11.3 Å². The van der Waals surface area contributed by atoms with Crippen LogP contribution < -0.4 is 0 Å². The second kappa shape index (κ2) is 15.7. The molecule has 294 valence electrons. The van der Waals surface area contributed by atoms with Crippen LogP contribution in [0.25, 0.3) is 89.8 Å². The number of pyridine rings is 1. The summed E-state index contributed by atoms with van der Waals surface area (Å²) >= 11 is 0. The van der Waals surface area contributed by atoms with Crippen molar-refractivity contribution in [1.29, 1.82) is 5.26 Å². The minimum atomic E-state index is 0.0339. The molecule has 62 heavy (non-hydrogen) atoms. The maximum Gasteiger partial charge on any atom is 0.164 e. The summed E-state index contributed by atoms with van der Waals surface area (Å²) in [6, 6.07) is 64.3. The van der Waals surface area contributed by atoms with Gasteiger partial charge in [-0.15, -0.1) is 0 Å². The summed E-state index contributed by atoms with van der Waals surface area (Å²) in [6.45, 7) is 0. The zero-order chi connectivity index (χ0) is 41.5. The third-order valence-electron chi connectivity index (χ3n) is 12.9. The van der Waals surface area contributed by atoms with Crippen LogP contribution in [-0.4, -0.2) is 19.9 Å². The molecule has 1 spiro atoms. The Hall–Kier alpha value is -7.81. The lowest BCUT2D eigenvalue weighted by Crippen LogP contribution is -2.28. The zero-order valence-electron chi connectivity index (χ0n) is 34.2. The minimum Gasteiger partial charge on any atom is -0.264 e. The van der Waals surface area contributed by atoms with Gasteiger partial charge in [0, 0.05) is 34.5 Å². The fourth-order valence-electron chi connectivity index (χ4n) is 9.69. The first-order chi connectivity index (χ1) is 30.6. The monoisotopic (exact) mass is 795 g/mol. The molecule has 1 saturated carbocycles. The summed E-state index contributed by atoms with van der Waals surface area (Å²) in [5.74, 6) is 1.89. The topological polar surface area (TPSA) is 75.3 Å². The number of benzene rings is 7. The summed E-state index contributed by atoms with van der Waals surface area (Å²) in [7, 11) is 0. The van der Waals surface area contributed by atoms with Gasteiger partial charge in [0.25, 0.3) is 0 Å². The molecule has 2 heterocycles. The van der Waals surface area contributed by atoms with E-state index >= 15 is 0 Å². The van der Waals surface area contributed by atoms with Crippen LogP contribution in [0.2, 0.25) is 0 Å². The normalized spacial score (nSPS) is 13.6. The van der Waals surface area contributed by atoms with Crippen LogP contribution in [0.1, 0.15) is 48.8 Å². The molecule has 5 heteroatoms. The van der Waals surface area contributed by atoms with Crippen LogP contribution >= 0.6 is 0 Å². The number of nitrogens with zero attached hydrogens (tertiary/aromatic N) is 5. The van der Waals surface area contributed by atoms with Crippen molar-refractivity contribution in [2.75, 3.05) is 0 Å². The van der Waals surface area contributed by atoms with Gasteiger partial charge in [0.1, 0.15) is 0 Å².